The van der Waals surface area contributed by atoms with Crippen LogP contribution in [0.1, 0.15) is 24.0 Å². The maximum atomic E-state index is 13.6. The number of aryl methyl sites for hydroxylation is 1. The summed E-state index contributed by atoms with van der Waals surface area (Å²) in [4.78, 5) is 0. The number of ether oxygens (including phenoxy) is 1. The Kier molecular flexibility index (Phi) is 3.88. The molecule has 0 bridgehead atoms. The van der Waals surface area contributed by atoms with Crippen molar-refractivity contribution in [1.82, 2.24) is 5.32 Å². The molecule has 0 saturated heterocycles. The van der Waals surface area contributed by atoms with Gasteiger partial charge in [-0.3, -0.25) is 0 Å². The third-order valence-corrected chi connectivity index (χ3v) is 3.52. The van der Waals surface area contributed by atoms with Crippen LogP contribution in [0.2, 0.25) is 0 Å². The Morgan fingerprint density at radius 2 is 1.90 bits per heavy atom. The second-order valence-corrected chi connectivity index (χ2v) is 5.43. The van der Waals surface area contributed by atoms with Crippen LogP contribution in [0, 0.1) is 18.6 Å². The number of halogens is 2. The van der Waals surface area contributed by atoms with Gasteiger partial charge in [0.1, 0.15) is 11.6 Å². The van der Waals surface area contributed by atoms with Gasteiger partial charge in [-0.2, -0.15) is 0 Å². The molecule has 4 heteroatoms. The molecule has 3 rings (SSSR count). The number of rotatable bonds is 5. The Hall–Kier alpha value is -1.94. The van der Waals surface area contributed by atoms with E-state index in [2.05, 4.69) is 5.32 Å². The maximum absolute atomic E-state index is 13.6. The van der Waals surface area contributed by atoms with Crippen molar-refractivity contribution in [1.29, 1.82) is 0 Å². The van der Waals surface area contributed by atoms with Crippen LogP contribution in [0.25, 0.3) is 0 Å². The predicted molar refractivity (Wildman–Crippen MR) is 77.5 cm³/mol. The van der Waals surface area contributed by atoms with Gasteiger partial charge < -0.3 is 10.1 Å². The van der Waals surface area contributed by atoms with E-state index in [4.69, 9.17) is 4.74 Å². The van der Waals surface area contributed by atoms with Gasteiger partial charge in [0, 0.05) is 18.7 Å². The van der Waals surface area contributed by atoms with Crippen molar-refractivity contribution in [2.24, 2.45) is 0 Å². The molecule has 0 spiro atoms. The number of hydrogen-bond donors (Lipinski definition) is 1. The van der Waals surface area contributed by atoms with Crippen LogP contribution in [0.5, 0.6) is 11.5 Å². The lowest BCUT2D eigenvalue weighted by atomic mass is 10.1. The Morgan fingerprint density at radius 1 is 1.10 bits per heavy atom. The summed E-state index contributed by atoms with van der Waals surface area (Å²) >= 11 is 0. The highest BCUT2D eigenvalue weighted by atomic mass is 19.1. The quantitative estimate of drug-likeness (QED) is 0.885. The molecule has 2 aromatic rings. The Morgan fingerprint density at radius 3 is 2.62 bits per heavy atom. The minimum absolute atomic E-state index is 0.0954. The molecule has 0 aliphatic heterocycles. The normalized spacial score (nSPS) is 14.2. The molecule has 0 unspecified atom stereocenters. The molecule has 0 radical (unpaired) electrons. The first-order valence-corrected chi connectivity index (χ1v) is 7.07. The monoisotopic (exact) mass is 289 g/mol. The average molecular weight is 289 g/mol. The topological polar surface area (TPSA) is 21.3 Å². The van der Waals surface area contributed by atoms with E-state index in [1.54, 1.807) is 6.07 Å². The average Bonchev–Trinajstić information content (AvgIpc) is 3.27. The highest BCUT2D eigenvalue weighted by Gasteiger charge is 2.20. The van der Waals surface area contributed by atoms with Gasteiger partial charge in [-0.15, -0.1) is 0 Å². The predicted octanol–water partition coefficient (Wildman–Crippen LogP) is 4.32. The third-order valence-electron chi connectivity index (χ3n) is 3.52. The molecule has 0 heterocycles. The molecule has 21 heavy (non-hydrogen) atoms. The standard InChI is InChI=1S/C17H17F2NO/c1-11-8-12(10-20-14-4-5-14)2-7-16(11)21-17-9-13(18)3-6-15(17)19/h2-3,6-9,14,20H,4-5,10H2,1H3. The minimum Gasteiger partial charge on any atom is -0.454 e. The highest BCUT2D eigenvalue weighted by Crippen LogP contribution is 2.28. The van der Waals surface area contributed by atoms with E-state index >= 15 is 0 Å². The van der Waals surface area contributed by atoms with Crippen molar-refractivity contribution in [2.45, 2.75) is 32.4 Å². The fourth-order valence-corrected chi connectivity index (χ4v) is 2.16. The summed E-state index contributed by atoms with van der Waals surface area (Å²) in [6.45, 7) is 2.72. The molecule has 0 atom stereocenters. The summed E-state index contributed by atoms with van der Waals surface area (Å²) in [7, 11) is 0. The van der Waals surface area contributed by atoms with Gasteiger partial charge in [0.2, 0.25) is 0 Å². The molecule has 0 amide bonds. The molecule has 1 saturated carbocycles. The van der Waals surface area contributed by atoms with Crippen LogP contribution >= 0.6 is 0 Å². The lowest BCUT2D eigenvalue weighted by Gasteiger charge is -2.11. The molecule has 2 nitrogen and oxygen atoms in total. The zero-order chi connectivity index (χ0) is 14.8. The molecule has 1 N–H and O–H groups in total. The van der Waals surface area contributed by atoms with Gasteiger partial charge in [-0.25, -0.2) is 8.78 Å². The van der Waals surface area contributed by atoms with Crippen molar-refractivity contribution < 1.29 is 13.5 Å². The Bertz CT molecular complexity index is 653. The van der Waals surface area contributed by atoms with E-state index in [1.807, 2.05) is 19.1 Å². The highest BCUT2D eigenvalue weighted by molar-refractivity contribution is 5.40. The lowest BCUT2D eigenvalue weighted by molar-refractivity contribution is 0.434. The lowest BCUT2D eigenvalue weighted by Crippen LogP contribution is -2.15. The van der Waals surface area contributed by atoms with Crippen molar-refractivity contribution >= 4 is 0 Å². The van der Waals surface area contributed by atoms with E-state index in [0.717, 1.165) is 35.9 Å². The molecular weight excluding hydrogens is 272 g/mol. The molecule has 1 aliphatic carbocycles. The van der Waals surface area contributed by atoms with Gasteiger partial charge in [-0.05, 0) is 49.1 Å². The van der Waals surface area contributed by atoms with E-state index < -0.39 is 11.6 Å². The fourth-order valence-electron chi connectivity index (χ4n) is 2.16. The summed E-state index contributed by atoms with van der Waals surface area (Å²) in [5.74, 6) is -0.652. The molecule has 110 valence electrons. The van der Waals surface area contributed by atoms with E-state index in [-0.39, 0.29) is 5.75 Å². The summed E-state index contributed by atoms with van der Waals surface area (Å²) < 4.78 is 32.2. The number of nitrogens with one attached hydrogen (secondary N) is 1. The fraction of sp³-hybridized carbons (Fsp3) is 0.294. The van der Waals surface area contributed by atoms with Crippen LogP contribution in [0.15, 0.2) is 36.4 Å². The first kappa shape index (κ1) is 14.0. The Labute approximate surface area is 122 Å². The first-order valence-electron chi connectivity index (χ1n) is 7.07. The molecule has 0 aromatic heterocycles. The van der Waals surface area contributed by atoms with Crippen molar-refractivity contribution in [3.63, 3.8) is 0 Å². The second-order valence-electron chi connectivity index (χ2n) is 5.43. The van der Waals surface area contributed by atoms with Crippen molar-refractivity contribution in [3.05, 3.63) is 59.2 Å². The van der Waals surface area contributed by atoms with Gasteiger partial charge in [-0.1, -0.05) is 12.1 Å². The maximum Gasteiger partial charge on any atom is 0.165 e. The Balaban J connectivity index is 1.74. The van der Waals surface area contributed by atoms with Crippen LogP contribution < -0.4 is 10.1 Å². The van der Waals surface area contributed by atoms with Gasteiger partial charge in [0.05, 0.1) is 0 Å². The van der Waals surface area contributed by atoms with E-state index in [1.165, 1.54) is 12.8 Å². The second kappa shape index (κ2) is 5.82. The SMILES string of the molecule is Cc1cc(CNC2CC2)ccc1Oc1cc(F)ccc1F. The van der Waals surface area contributed by atoms with Crippen LogP contribution in [0.3, 0.4) is 0 Å². The summed E-state index contributed by atoms with van der Waals surface area (Å²) in [5, 5.41) is 3.44. The van der Waals surface area contributed by atoms with Crippen LogP contribution in [0.4, 0.5) is 8.78 Å². The molecular formula is C17H17F2NO. The minimum atomic E-state index is -0.574. The van der Waals surface area contributed by atoms with Crippen molar-refractivity contribution in [2.75, 3.05) is 0 Å². The van der Waals surface area contributed by atoms with Crippen LogP contribution in [-0.4, -0.2) is 6.04 Å². The molecule has 2 aromatic carbocycles. The third kappa shape index (κ3) is 3.58. The van der Waals surface area contributed by atoms with Crippen LogP contribution in [-0.2, 0) is 6.54 Å². The molecule has 1 fully saturated rings. The van der Waals surface area contributed by atoms with Gasteiger partial charge in [0.25, 0.3) is 0 Å². The largest absolute Gasteiger partial charge is 0.454 e. The zero-order valence-electron chi connectivity index (χ0n) is 11.8. The van der Waals surface area contributed by atoms with Gasteiger partial charge in [0.15, 0.2) is 11.6 Å². The van der Waals surface area contributed by atoms with E-state index in [9.17, 15) is 8.78 Å². The summed E-state index contributed by atoms with van der Waals surface area (Å²) in [5.41, 5.74) is 2.06. The first-order chi connectivity index (χ1) is 10.1. The smallest absolute Gasteiger partial charge is 0.165 e. The summed E-state index contributed by atoms with van der Waals surface area (Å²) in [6.07, 6.45) is 2.50. The van der Waals surface area contributed by atoms with Gasteiger partial charge >= 0.3 is 0 Å². The molecule has 1 aliphatic rings. The number of benzene rings is 2. The van der Waals surface area contributed by atoms with E-state index in [0.29, 0.717) is 11.8 Å². The summed E-state index contributed by atoms with van der Waals surface area (Å²) in [6, 6.07) is 9.58. The number of hydrogen-bond acceptors (Lipinski definition) is 2. The van der Waals surface area contributed by atoms with Crippen molar-refractivity contribution in [3.8, 4) is 11.5 Å². The zero-order valence-corrected chi connectivity index (χ0v) is 11.8.